The number of carbonyl (C=O) groups is 1. The van der Waals surface area contributed by atoms with Gasteiger partial charge in [-0.3, -0.25) is 14.7 Å². The van der Waals surface area contributed by atoms with E-state index >= 15 is 0 Å². The van der Waals surface area contributed by atoms with Gasteiger partial charge in [-0.1, -0.05) is 0 Å². The highest BCUT2D eigenvalue weighted by Crippen LogP contribution is 2.12. The first-order valence-corrected chi connectivity index (χ1v) is 4.66. The lowest BCUT2D eigenvalue weighted by atomic mass is 10.3. The number of nitrogens with zero attached hydrogens (tertiary/aromatic N) is 1. The number of nitrogens with one attached hydrogen (secondary N) is 1. The predicted octanol–water partition coefficient (Wildman–Crippen LogP) is 0.987. The van der Waals surface area contributed by atoms with E-state index in [4.69, 9.17) is 4.74 Å². The smallest absolute Gasteiger partial charge is 0.271 e. The van der Waals surface area contributed by atoms with Gasteiger partial charge in [-0.15, -0.1) is 0 Å². The summed E-state index contributed by atoms with van der Waals surface area (Å²) in [5.41, 5.74) is 0.631. The van der Waals surface area contributed by atoms with Gasteiger partial charge >= 0.3 is 0 Å². The normalized spacial score (nSPS) is 10.1. The van der Waals surface area contributed by atoms with Crippen LogP contribution in [0, 0.1) is 0 Å². The van der Waals surface area contributed by atoms with Crippen molar-refractivity contribution < 1.29 is 9.53 Å². The van der Waals surface area contributed by atoms with E-state index in [2.05, 4.69) is 5.10 Å². The van der Waals surface area contributed by atoms with Crippen LogP contribution in [0.5, 0.6) is 5.75 Å². The van der Waals surface area contributed by atoms with Crippen molar-refractivity contribution in [2.24, 2.45) is 0 Å². The van der Waals surface area contributed by atoms with Gasteiger partial charge in [0.25, 0.3) is 5.56 Å². The van der Waals surface area contributed by atoms with Crippen LogP contribution in [0.4, 0.5) is 0 Å². The van der Waals surface area contributed by atoms with Crippen LogP contribution in [0.3, 0.4) is 0 Å². The number of aldehydes is 1. The summed E-state index contributed by atoms with van der Waals surface area (Å²) in [6, 6.07) is 8.18. The molecule has 0 unspecified atom stereocenters. The highest BCUT2D eigenvalue weighted by molar-refractivity contribution is 5.71. The molecule has 0 spiro atoms. The maximum Gasteiger partial charge on any atom is 0.271 e. The molecule has 5 heteroatoms. The van der Waals surface area contributed by atoms with Crippen LogP contribution in [0.2, 0.25) is 0 Å². The Balaban J connectivity index is 2.45. The molecule has 0 fully saturated rings. The number of aromatic nitrogens is 2. The summed E-state index contributed by atoms with van der Waals surface area (Å²) in [6.07, 6.45) is 0.599. The maximum absolute atomic E-state index is 11.5. The number of ether oxygens (including phenoxy) is 1. The van der Waals surface area contributed by atoms with Crippen molar-refractivity contribution in [1.29, 1.82) is 0 Å². The van der Waals surface area contributed by atoms with E-state index in [9.17, 15) is 9.59 Å². The molecule has 0 radical (unpaired) electrons. The average Bonchev–Trinajstić information content (AvgIpc) is 2.71. The minimum atomic E-state index is -0.271. The number of hydrogen-bond donors (Lipinski definition) is 1. The molecule has 1 heterocycles. The van der Waals surface area contributed by atoms with Gasteiger partial charge in [0.05, 0.1) is 18.5 Å². The fourth-order valence-electron chi connectivity index (χ4n) is 1.40. The molecule has 1 N–H and O–H groups in total. The van der Waals surface area contributed by atoms with Gasteiger partial charge in [-0.2, -0.15) is 0 Å². The van der Waals surface area contributed by atoms with Crippen molar-refractivity contribution in [2.45, 2.75) is 0 Å². The Labute approximate surface area is 91.3 Å². The molecule has 82 valence electrons. The SMILES string of the molecule is COc1ccc(-n2[nH]c(C=O)cc2=O)cc1. The maximum atomic E-state index is 11.5. The Bertz CT molecular complexity index is 551. The Kier molecular flexibility index (Phi) is 2.59. The molecule has 0 atom stereocenters. The van der Waals surface area contributed by atoms with Gasteiger partial charge in [-0.25, -0.2) is 4.68 Å². The number of hydrogen-bond acceptors (Lipinski definition) is 3. The van der Waals surface area contributed by atoms with Crippen molar-refractivity contribution >= 4 is 6.29 Å². The monoisotopic (exact) mass is 218 g/mol. The highest BCUT2D eigenvalue weighted by atomic mass is 16.5. The molecule has 0 aliphatic heterocycles. The Morgan fingerprint density at radius 2 is 2.00 bits per heavy atom. The first kappa shape index (κ1) is 10.2. The molecular weight excluding hydrogens is 208 g/mol. The van der Waals surface area contributed by atoms with Crippen LogP contribution in [-0.4, -0.2) is 23.2 Å². The third-order valence-electron chi connectivity index (χ3n) is 2.20. The van der Waals surface area contributed by atoms with Crippen molar-refractivity contribution in [3.8, 4) is 11.4 Å². The summed E-state index contributed by atoms with van der Waals surface area (Å²) in [7, 11) is 1.57. The summed E-state index contributed by atoms with van der Waals surface area (Å²) in [5.74, 6) is 0.707. The van der Waals surface area contributed by atoms with E-state index in [0.29, 0.717) is 17.7 Å². The highest BCUT2D eigenvalue weighted by Gasteiger charge is 2.04. The molecule has 16 heavy (non-hydrogen) atoms. The van der Waals surface area contributed by atoms with Gasteiger partial charge in [0.2, 0.25) is 0 Å². The van der Waals surface area contributed by atoms with Gasteiger partial charge in [0.15, 0.2) is 6.29 Å². The van der Waals surface area contributed by atoms with E-state index in [1.54, 1.807) is 31.4 Å². The van der Waals surface area contributed by atoms with Crippen LogP contribution in [0.25, 0.3) is 5.69 Å². The lowest BCUT2D eigenvalue weighted by Crippen LogP contribution is -2.13. The summed E-state index contributed by atoms with van der Waals surface area (Å²) >= 11 is 0. The molecule has 0 saturated heterocycles. The standard InChI is InChI=1S/C11H10N2O3/c1-16-10-4-2-9(3-5-10)13-11(15)6-8(7-14)12-13/h2-7,12H,1H3. The van der Waals surface area contributed by atoms with Gasteiger partial charge < -0.3 is 4.74 Å². The van der Waals surface area contributed by atoms with Crippen LogP contribution in [0.1, 0.15) is 10.5 Å². The van der Waals surface area contributed by atoms with Gasteiger partial charge in [0.1, 0.15) is 5.75 Å². The minimum Gasteiger partial charge on any atom is -0.497 e. The first-order chi connectivity index (χ1) is 7.74. The molecule has 0 bridgehead atoms. The van der Waals surface area contributed by atoms with Gasteiger partial charge in [0, 0.05) is 6.07 Å². The van der Waals surface area contributed by atoms with Crippen molar-refractivity contribution in [3.63, 3.8) is 0 Å². The van der Waals surface area contributed by atoms with E-state index < -0.39 is 0 Å². The van der Waals surface area contributed by atoms with Crippen molar-refractivity contribution in [1.82, 2.24) is 9.78 Å². The largest absolute Gasteiger partial charge is 0.497 e. The van der Waals surface area contributed by atoms with Crippen LogP contribution in [-0.2, 0) is 0 Å². The third-order valence-corrected chi connectivity index (χ3v) is 2.20. The fourth-order valence-corrected chi connectivity index (χ4v) is 1.40. The molecule has 5 nitrogen and oxygen atoms in total. The first-order valence-electron chi connectivity index (χ1n) is 4.66. The number of aromatic amines is 1. The Hall–Kier alpha value is -2.30. The summed E-state index contributed by atoms with van der Waals surface area (Å²) in [6.45, 7) is 0. The van der Waals surface area contributed by atoms with Crippen LogP contribution >= 0.6 is 0 Å². The van der Waals surface area contributed by atoms with Crippen LogP contribution < -0.4 is 10.3 Å². The number of benzene rings is 1. The third kappa shape index (κ3) is 1.75. The second-order valence-electron chi connectivity index (χ2n) is 3.20. The van der Waals surface area contributed by atoms with E-state index in [1.807, 2.05) is 0 Å². The number of H-pyrrole nitrogens is 1. The molecule has 2 rings (SSSR count). The summed E-state index contributed by atoms with van der Waals surface area (Å²) in [5, 5.41) is 2.68. The topological polar surface area (TPSA) is 64.1 Å². The zero-order valence-electron chi connectivity index (χ0n) is 8.64. The van der Waals surface area contributed by atoms with Crippen molar-refractivity contribution in [2.75, 3.05) is 7.11 Å². The number of methoxy groups -OCH3 is 1. The Morgan fingerprint density at radius 1 is 1.31 bits per heavy atom. The number of rotatable bonds is 3. The molecule has 1 aromatic carbocycles. The predicted molar refractivity (Wildman–Crippen MR) is 58.3 cm³/mol. The Morgan fingerprint density at radius 3 is 2.50 bits per heavy atom. The second kappa shape index (κ2) is 4.06. The average molecular weight is 218 g/mol. The zero-order valence-corrected chi connectivity index (χ0v) is 8.64. The quantitative estimate of drug-likeness (QED) is 0.781. The summed E-state index contributed by atoms with van der Waals surface area (Å²) in [4.78, 5) is 22.0. The molecule has 0 saturated carbocycles. The van der Waals surface area contributed by atoms with Gasteiger partial charge in [-0.05, 0) is 24.3 Å². The molecule has 0 aliphatic rings. The van der Waals surface area contributed by atoms with Crippen LogP contribution in [0.15, 0.2) is 35.1 Å². The fraction of sp³-hybridized carbons (Fsp3) is 0.0909. The van der Waals surface area contributed by atoms with E-state index in [1.165, 1.54) is 10.7 Å². The molecule has 2 aromatic rings. The molecular formula is C11H10N2O3. The minimum absolute atomic E-state index is 0.251. The molecule has 0 aliphatic carbocycles. The van der Waals surface area contributed by atoms with Crippen molar-refractivity contribution in [3.05, 3.63) is 46.4 Å². The van der Waals surface area contributed by atoms with E-state index in [0.717, 1.165) is 0 Å². The lowest BCUT2D eigenvalue weighted by molar-refractivity contribution is 0.111. The lowest BCUT2D eigenvalue weighted by Gasteiger charge is -2.03. The molecule has 1 aromatic heterocycles. The number of carbonyl (C=O) groups excluding carboxylic acids is 1. The summed E-state index contributed by atoms with van der Waals surface area (Å²) < 4.78 is 6.30. The zero-order chi connectivity index (χ0) is 11.5. The molecule has 0 amide bonds. The van der Waals surface area contributed by atoms with E-state index in [-0.39, 0.29) is 11.3 Å². The second-order valence-corrected chi connectivity index (χ2v) is 3.20.